The number of hydrogen-bond donors (Lipinski definition) is 0. The predicted octanol–water partition coefficient (Wildman–Crippen LogP) is 4.61. The molecule has 0 amide bonds. The van der Waals surface area contributed by atoms with Crippen molar-refractivity contribution in [3.05, 3.63) is 66.5 Å². The van der Waals surface area contributed by atoms with Crippen LogP contribution in [0.5, 0.6) is 0 Å². The summed E-state index contributed by atoms with van der Waals surface area (Å²) in [5.41, 5.74) is 2.20. The summed E-state index contributed by atoms with van der Waals surface area (Å²) >= 11 is 0. The molecule has 0 atom stereocenters. The van der Waals surface area contributed by atoms with Crippen molar-refractivity contribution in [1.29, 1.82) is 0 Å². The Morgan fingerprint density at radius 2 is 1.70 bits per heavy atom. The maximum Gasteiger partial charge on any atom is 0.240 e. The Balaban J connectivity index is 2.40. The van der Waals surface area contributed by atoms with Gasteiger partial charge in [0.1, 0.15) is 5.82 Å². The average molecular weight is 263 g/mol. The van der Waals surface area contributed by atoms with Crippen LogP contribution in [0.1, 0.15) is 0 Å². The molecule has 0 saturated carbocycles. The van der Waals surface area contributed by atoms with Crippen molar-refractivity contribution in [2.45, 2.75) is 0 Å². The molecule has 0 spiro atoms. The first-order valence-electron chi connectivity index (χ1n) is 6.16. The number of hydrogen-bond acceptors (Lipinski definition) is 2. The van der Waals surface area contributed by atoms with E-state index in [-0.39, 0.29) is 0 Å². The van der Waals surface area contributed by atoms with E-state index in [1.54, 1.807) is 12.1 Å². The molecule has 0 aliphatic carbocycles. The quantitative estimate of drug-likeness (QED) is 0.490. The van der Waals surface area contributed by atoms with Crippen LogP contribution in [0.2, 0.25) is 0 Å². The summed E-state index contributed by atoms with van der Waals surface area (Å²) in [5.74, 6) is -0.394. The largest absolute Gasteiger partial charge is 0.240 e. The highest BCUT2D eigenvalue weighted by molar-refractivity contribution is 6.03. The van der Waals surface area contributed by atoms with E-state index in [0.29, 0.717) is 11.1 Å². The highest BCUT2D eigenvalue weighted by Gasteiger charge is 2.10. The highest BCUT2D eigenvalue weighted by atomic mass is 19.1. The second-order valence-corrected chi connectivity index (χ2v) is 4.36. The van der Waals surface area contributed by atoms with Crippen LogP contribution in [0.15, 0.2) is 65.7 Å². The van der Waals surface area contributed by atoms with Crippen molar-refractivity contribution in [2.75, 3.05) is 0 Å². The fourth-order valence-electron chi connectivity index (χ4n) is 2.36. The van der Waals surface area contributed by atoms with Crippen molar-refractivity contribution in [3.63, 3.8) is 0 Å². The molecule has 96 valence electrons. The van der Waals surface area contributed by atoms with Gasteiger partial charge >= 0.3 is 0 Å². The second-order valence-electron chi connectivity index (χ2n) is 4.36. The minimum Gasteiger partial charge on any atom is -0.211 e. The molecule has 0 aromatic heterocycles. The molecule has 0 saturated heterocycles. The number of nitrogens with zero attached hydrogens (tertiary/aromatic N) is 1. The van der Waals surface area contributed by atoms with Gasteiger partial charge in [0.05, 0.1) is 5.69 Å². The van der Waals surface area contributed by atoms with Crippen LogP contribution < -0.4 is 0 Å². The molecule has 0 aliphatic heterocycles. The Labute approximate surface area is 115 Å². The fourth-order valence-corrected chi connectivity index (χ4v) is 2.36. The van der Waals surface area contributed by atoms with E-state index in [2.05, 4.69) is 4.99 Å². The van der Waals surface area contributed by atoms with Gasteiger partial charge in [0.2, 0.25) is 6.08 Å². The van der Waals surface area contributed by atoms with Crippen LogP contribution in [0.25, 0.3) is 21.9 Å². The first-order chi connectivity index (χ1) is 9.81. The third-order valence-corrected chi connectivity index (χ3v) is 3.22. The second kappa shape index (κ2) is 5.08. The summed E-state index contributed by atoms with van der Waals surface area (Å²) in [4.78, 5) is 14.1. The Morgan fingerprint density at radius 3 is 2.45 bits per heavy atom. The molecule has 0 bridgehead atoms. The first-order valence-corrected chi connectivity index (χ1v) is 6.16. The first kappa shape index (κ1) is 12.3. The lowest BCUT2D eigenvalue weighted by Crippen LogP contribution is -1.85. The molecule has 0 fully saturated rings. The zero-order chi connectivity index (χ0) is 13.9. The van der Waals surface area contributed by atoms with Crippen LogP contribution in [0.3, 0.4) is 0 Å². The molecule has 0 radical (unpaired) electrons. The lowest BCUT2D eigenvalue weighted by Gasteiger charge is -2.09. The number of aliphatic imine (C=N–C) groups is 1. The molecular weight excluding hydrogens is 253 g/mol. The SMILES string of the molecule is O=C=Nc1ccc(-c2ccccc2)c2cccc(F)c12. The third kappa shape index (κ3) is 2.00. The molecule has 0 heterocycles. The normalized spacial score (nSPS) is 10.2. The fraction of sp³-hybridized carbons (Fsp3) is 0. The lowest BCUT2D eigenvalue weighted by molar-refractivity contribution is 0.565. The number of carbonyl (C=O) groups excluding carboxylic acids is 1. The van der Waals surface area contributed by atoms with Crippen molar-refractivity contribution in [1.82, 2.24) is 0 Å². The van der Waals surface area contributed by atoms with Gasteiger partial charge in [0, 0.05) is 5.39 Å². The third-order valence-electron chi connectivity index (χ3n) is 3.22. The van der Waals surface area contributed by atoms with E-state index in [1.807, 2.05) is 42.5 Å². The van der Waals surface area contributed by atoms with Gasteiger partial charge in [-0.15, -0.1) is 0 Å². The van der Waals surface area contributed by atoms with Crippen LogP contribution in [-0.4, -0.2) is 6.08 Å². The molecule has 2 nitrogen and oxygen atoms in total. The van der Waals surface area contributed by atoms with Crippen molar-refractivity contribution >= 4 is 22.5 Å². The van der Waals surface area contributed by atoms with Crippen molar-refractivity contribution < 1.29 is 9.18 Å². The van der Waals surface area contributed by atoms with Gasteiger partial charge in [-0.3, -0.25) is 0 Å². The zero-order valence-corrected chi connectivity index (χ0v) is 10.5. The van der Waals surface area contributed by atoms with E-state index in [9.17, 15) is 9.18 Å². The van der Waals surface area contributed by atoms with Gasteiger partial charge in [-0.2, -0.15) is 4.99 Å². The number of benzene rings is 3. The Morgan fingerprint density at radius 1 is 0.900 bits per heavy atom. The van der Waals surface area contributed by atoms with Gasteiger partial charge in [0.25, 0.3) is 0 Å². The summed E-state index contributed by atoms with van der Waals surface area (Å²) in [6.07, 6.45) is 1.47. The van der Waals surface area contributed by atoms with Crippen molar-refractivity contribution in [2.24, 2.45) is 4.99 Å². The average Bonchev–Trinajstić information content (AvgIpc) is 2.49. The van der Waals surface area contributed by atoms with E-state index in [1.165, 1.54) is 12.1 Å². The Kier molecular flexibility index (Phi) is 3.12. The minimum atomic E-state index is -0.394. The Hall–Kier alpha value is -2.77. The van der Waals surface area contributed by atoms with Crippen LogP contribution in [0, 0.1) is 5.82 Å². The highest BCUT2D eigenvalue weighted by Crippen LogP contribution is 2.35. The van der Waals surface area contributed by atoms with Gasteiger partial charge in [-0.1, -0.05) is 48.5 Å². The smallest absolute Gasteiger partial charge is 0.211 e. The van der Waals surface area contributed by atoms with Gasteiger partial charge in [-0.05, 0) is 28.6 Å². The standard InChI is InChI=1S/C17H10FNO/c18-15-8-4-7-14-13(12-5-2-1-3-6-12)9-10-16(17(14)15)19-11-20/h1-10H. The molecule has 3 aromatic carbocycles. The van der Waals surface area contributed by atoms with E-state index >= 15 is 0 Å². The molecule has 3 rings (SSSR count). The van der Waals surface area contributed by atoms with Crippen molar-refractivity contribution in [3.8, 4) is 11.1 Å². The predicted molar refractivity (Wildman–Crippen MR) is 77.1 cm³/mol. The summed E-state index contributed by atoms with van der Waals surface area (Å²) in [7, 11) is 0. The van der Waals surface area contributed by atoms with E-state index in [4.69, 9.17) is 0 Å². The summed E-state index contributed by atoms with van der Waals surface area (Å²) in [6, 6.07) is 18.0. The molecule has 3 aromatic rings. The Bertz CT molecular complexity index is 821. The van der Waals surface area contributed by atoms with E-state index in [0.717, 1.165) is 16.5 Å². The summed E-state index contributed by atoms with van der Waals surface area (Å²) in [5, 5.41) is 1.07. The molecule has 0 N–H and O–H groups in total. The van der Waals surface area contributed by atoms with Gasteiger partial charge in [0.15, 0.2) is 0 Å². The number of isocyanates is 1. The van der Waals surface area contributed by atoms with Crippen LogP contribution >= 0.6 is 0 Å². The van der Waals surface area contributed by atoms with Crippen LogP contribution in [-0.2, 0) is 4.79 Å². The number of halogens is 1. The van der Waals surface area contributed by atoms with E-state index < -0.39 is 5.82 Å². The zero-order valence-electron chi connectivity index (χ0n) is 10.5. The summed E-state index contributed by atoms with van der Waals surface area (Å²) < 4.78 is 14.1. The van der Waals surface area contributed by atoms with Gasteiger partial charge in [-0.25, -0.2) is 9.18 Å². The number of rotatable bonds is 2. The lowest BCUT2D eigenvalue weighted by atomic mass is 9.97. The summed E-state index contributed by atoms with van der Waals surface area (Å²) in [6.45, 7) is 0. The molecule has 0 aliphatic rings. The number of fused-ring (bicyclic) bond motifs is 1. The molecule has 0 unspecified atom stereocenters. The molecule has 20 heavy (non-hydrogen) atoms. The topological polar surface area (TPSA) is 29.4 Å². The molecule has 3 heteroatoms. The van der Waals surface area contributed by atoms with Gasteiger partial charge < -0.3 is 0 Å². The maximum atomic E-state index is 14.1. The minimum absolute atomic E-state index is 0.299. The van der Waals surface area contributed by atoms with Crippen LogP contribution in [0.4, 0.5) is 10.1 Å². The maximum absolute atomic E-state index is 14.1. The molecular formula is C17H10FNO. The monoisotopic (exact) mass is 263 g/mol.